The molecule has 0 aliphatic heterocycles. The van der Waals surface area contributed by atoms with Crippen LogP contribution in [0.3, 0.4) is 0 Å². The minimum absolute atomic E-state index is 0.139. The molecule has 11 nitrogen and oxygen atoms in total. The SMILES string of the molecule is CNCC(N=C[C@H](C)N(Cc1ccc(OC)c(OC)c1)C(=O)[C@H](Cc1c(C)cc(C(N)=O)cc1C)NC(=O)OC(C)(C)C)c1ccccc1Br. The number of likely N-dealkylation sites (N-methyl/N-ethyl adjacent to an activating group) is 1. The number of nitrogens with two attached hydrogens (primary N) is 1. The van der Waals surface area contributed by atoms with Gasteiger partial charge in [-0.15, -0.1) is 0 Å². The van der Waals surface area contributed by atoms with Crippen LogP contribution in [0.5, 0.6) is 11.5 Å². The van der Waals surface area contributed by atoms with Crippen LogP contribution in [0.15, 0.2) is 64.1 Å². The van der Waals surface area contributed by atoms with Crippen molar-refractivity contribution in [3.05, 3.63) is 92.5 Å². The van der Waals surface area contributed by atoms with Gasteiger partial charge in [-0.1, -0.05) is 40.2 Å². The summed E-state index contributed by atoms with van der Waals surface area (Å²) in [5, 5.41) is 6.05. The molecule has 0 saturated heterocycles. The van der Waals surface area contributed by atoms with Crippen LogP contribution in [0.2, 0.25) is 0 Å². The zero-order chi connectivity index (χ0) is 37.2. The summed E-state index contributed by atoms with van der Waals surface area (Å²) in [6.07, 6.45) is 1.18. The topological polar surface area (TPSA) is 145 Å². The lowest BCUT2D eigenvalue weighted by Gasteiger charge is -2.32. The van der Waals surface area contributed by atoms with Gasteiger partial charge in [0.15, 0.2) is 11.5 Å². The Bertz CT molecular complexity index is 1670. The molecule has 0 bridgehead atoms. The lowest BCUT2D eigenvalue weighted by Crippen LogP contribution is -2.53. The van der Waals surface area contributed by atoms with Crippen molar-refractivity contribution in [2.24, 2.45) is 10.7 Å². The molecule has 0 saturated carbocycles. The van der Waals surface area contributed by atoms with Crippen molar-refractivity contribution in [3.8, 4) is 11.5 Å². The van der Waals surface area contributed by atoms with Crippen LogP contribution in [-0.2, 0) is 22.5 Å². The van der Waals surface area contributed by atoms with E-state index in [-0.39, 0.29) is 24.9 Å². The normalized spacial score (nSPS) is 13.3. The Labute approximate surface area is 304 Å². The van der Waals surface area contributed by atoms with Gasteiger partial charge in [-0.25, -0.2) is 4.79 Å². The van der Waals surface area contributed by atoms with E-state index in [9.17, 15) is 14.4 Å². The predicted octanol–water partition coefficient (Wildman–Crippen LogP) is 6.07. The van der Waals surface area contributed by atoms with Crippen LogP contribution in [0.1, 0.15) is 71.9 Å². The van der Waals surface area contributed by atoms with Crippen molar-refractivity contribution in [2.45, 2.75) is 78.2 Å². The number of rotatable bonds is 15. The molecule has 0 aromatic heterocycles. The molecule has 0 radical (unpaired) electrons. The van der Waals surface area contributed by atoms with Crippen LogP contribution in [-0.4, -0.2) is 74.5 Å². The molecule has 4 N–H and O–H groups in total. The zero-order valence-corrected chi connectivity index (χ0v) is 32.0. The zero-order valence-electron chi connectivity index (χ0n) is 30.4. The van der Waals surface area contributed by atoms with Crippen molar-refractivity contribution in [1.29, 1.82) is 0 Å². The van der Waals surface area contributed by atoms with Crippen LogP contribution in [0.25, 0.3) is 0 Å². The lowest BCUT2D eigenvalue weighted by atomic mass is 9.93. The number of amides is 3. The minimum atomic E-state index is -1.03. The first-order valence-corrected chi connectivity index (χ1v) is 17.2. The van der Waals surface area contributed by atoms with Gasteiger partial charge in [0.1, 0.15) is 11.6 Å². The highest BCUT2D eigenvalue weighted by molar-refractivity contribution is 9.10. The number of hydrogen-bond donors (Lipinski definition) is 3. The average molecular weight is 753 g/mol. The Kier molecular flexibility index (Phi) is 14.4. The van der Waals surface area contributed by atoms with Gasteiger partial charge in [0.05, 0.1) is 26.3 Å². The Morgan fingerprint density at radius 2 is 1.64 bits per heavy atom. The van der Waals surface area contributed by atoms with E-state index in [4.69, 9.17) is 24.9 Å². The Balaban J connectivity index is 2.12. The predicted molar refractivity (Wildman–Crippen MR) is 200 cm³/mol. The molecule has 3 atom stereocenters. The molecule has 3 amide bonds. The number of halogens is 1. The van der Waals surface area contributed by atoms with Crippen LogP contribution in [0.4, 0.5) is 4.79 Å². The summed E-state index contributed by atoms with van der Waals surface area (Å²) in [6.45, 7) is 11.6. The molecule has 3 aromatic rings. The van der Waals surface area contributed by atoms with Crippen molar-refractivity contribution < 1.29 is 28.6 Å². The third-order valence-corrected chi connectivity index (χ3v) is 8.82. The number of aryl methyl sites for hydroxylation is 2. The monoisotopic (exact) mass is 751 g/mol. The van der Waals surface area contributed by atoms with Gasteiger partial charge in [-0.3, -0.25) is 14.6 Å². The summed E-state index contributed by atoms with van der Waals surface area (Å²) in [5.41, 5.74) is 9.27. The van der Waals surface area contributed by atoms with Crippen molar-refractivity contribution >= 4 is 40.1 Å². The number of primary amides is 1. The smallest absolute Gasteiger partial charge is 0.408 e. The van der Waals surface area contributed by atoms with E-state index in [0.29, 0.717) is 23.6 Å². The molecule has 3 rings (SSSR count). The van der Waals surface area contributed by atoms with Crippen LogP contribution in [0, 0.1) is 13.8 Å². The summed E-state index contributed by atoms with van der Waals surface area (Å²) in [7, 11) is 4.98. The fourth-order valence-corrected chi connectivity index (χ4v) is 6.15. The van der Waals surface area contributed by atoms with Crippen LogP contribution < -0.4 is 25.8 Å². The van der Waals surface area contributed by atoms with E-state index in [1.807, 2.05) is 64.2 Å². The number of methoxy groups -OCH3 is 2. The van der Waals surface area contributed by atoms with E-state index in [1.165, 1.54) is 0 Å². The third-order valence-electron chi connectivity index (χ3n) is 8.10. The maximum Gasteiger partial charge on any atom is 0.408 e. The number of carbonyl (C=O) groups excluding carboxylic acids is 3. The van der Waals surface area contributed by atoms with E-state index in [0.717, 1.165) is 32.3 Å². The second kappa shape index (κ2) is 18.0. The first kappa shape index (κ1) is 40.0. The molecule has 12 heteroatoms. The molecule has 0 spiro atoms. The summed E-state index contributed by atoms with van der Waals surface area (Å²) in [5.74, 6) is 0.178. The molecule has 0 aliphatic rings. The number of alkyl carbamates (subject to hydrolysis) is 1. The first-order chi connectivity index (χ1) is 23.6. The van der Waals surface area contributed by atoms with Gasteiger partial charge in [0.2, 0.25) is 11.8 Å². The number of carbonyl (C=O) groups is 3. The van der Waals surface area contributed by atoms with E-state index in [2.05, 4.69) is 26.6 Å². The van der Waals surface area contributed by atoms with Crippen molar-refractivity contribution in [3.63, 3.8) is 0 Å². The van der Waals surface area contributed by atoms with Gasteiger partial charge in [-0.2, -0.15) is 0 Å². The fraction of sp³-hybridized carbons (Fsp3) is 0.421. The Morgan fingerprint density at radius 1 is 1.00 bits per heavy atom. The largest absolute Gasteiger partial charge is 0.493 e. The van der Waals surface area contributed by atoms with E-state index in [1.54, 1.807) is 64.3 Å². The molecule has 1 unspecified atom stereocenters. The number of aliphatic imine (C=N–C) groups is 1. The highest BCUT2D eigenvalue weighted by Gasteiger charge is 2.32. The summed E-state index contributed by atoms with van der Waals surface area (Å²) < 4.78 is 17.5. The first-order valence-electron chi connectivity index (χ1n) is 16.4. The Hall–Kier alpha value is -4.42. The molecule has 50 heavy (non-hydrogen) atoms. The minimum Gasteiger partial charge on any atom is -0.493 e. The van der Waals surface area contributed by atoms with Gasteiger partial charge in [0.25, 0.3) is 0 Å². The number of nitrogens with one attached hydrogen (secondary N) is 2. The highest BCUT2D eigenvalue weighted by atomic mass is 79.9. The molecule has 0 aliphatic carbocycles. The quantitative estimate of drug-likeness (QED) is 0.160. The van der Waals surface area contributed by atoms with Crippen molar-refractivity contribution in [2.75, 3.05) is 27.8 Å². The van der Waals surface area contributed by atoms with Crippen molar-refractivity contribution in [1.82, 2.24) is 15.5 Å². The van der Waals surface area contributed by atoms with Crippen LogP contribution >= 0.6 is 15.9 Å². The van der Waals surface area contributed by atoms with Gasteiger partial charge < -0.3 is 35.5 Å². The third kappa shape index (κ3) is 11.0. The maximum absolute atomic E-state index is 14.8. The second-order valence-electron chi connectivity index (χ2n) is 13.1. The van der Waals surface area contributed by atoms with Gasteiger partial charge in [0, 0.05) is 35.8 Å². The summed E-state index contributed by atoms with van der Waals surface area (Å²) in [4.78, 5) is 46.6. The molecule has 270 valence electrons. The van der Waals surface area contributed by atoms with Gasteiger partial charge >= 0.3 is 6.09 Å². The maximum atomic E-state index is 14.8. The second-order valence-corrected chi connectivity index (χ2v) is 14.0. The molecule has 0 heterocycles. The molecule has 0 fully saturated rings. The fourth-order valence-electron chi connectivity index (χ4n) is 5.60. The molecular weight excluding hydrogens is 702 g/mol. The van der Waals surface area contributed by atoms with Gasteiger partial charge in [-0.05, 0) is 107 Å². The lowest BCUT2D eigenvalue weighted by molar-refractivity contribution is -0.134. The Morgan fingerprint density at radius 3 is 2.20 bits per heavy atom. The summed E-state index contributed by atoms with van der Waals surface area (Å²) in [6, 6.07) is 15.0. The van der Waals surface area contributed by atoms with E-state index < -0.39 is 29.7 Å². The summed E-state index contributed by atoms with van der Waals surface area (Å²) >= 11 is 3.65. The number of ether oxygens (including phenoxy) is 3. The molecular formula is C38H50BrN5O6. The number of nitrogens with zero attached hydrogens (tertiary/aromatic N) is 2. The average Bonchev–Trinajstić information content (AvgIpc) is 3.05. The molecule has 3 aromatic carbocycles. The highest BCUT2D eigenvalue weighted by Crippen LogP contribution is 2.29. The standard InChI is InChI=1S/C38H50BrN5O6/c1-23-16-27(35(40)45)17-24(2)29(23)19-31(43-37(47)50-38(4,5)6)36(46)44(22-26-14-15-33(48-8)34(18-26)49-9)25(3)20-42-32(21-41-7)28-12-10-11-13-30(28)39/h10-18,20,25,31-32,41H,19,21-22H2,1-9H3,(H2,40,45)(H,43,47)/t25-,31-,32?/m0/s1. The van der Waals surface area contributed by atoms with E-state index >= 15 is 0 Å². The number of benzene rings is 3. The number of hydrogen-bond acceptors (Lipinski definition) is 8.